The van der Waals surface area contributed by atoms with E-state index in [1.165, 1.54) is 18.2 Å². The number of hydrogen-bond acceptors (Lipinski definition) is 5. The Morgan fingerprint density at radius 1 is 0.967 bits per heavy atom. The van der Waals surface area contributed by atoms with Crippen LogP contribution in [0.15, 0.2) is 48.5 Å². The summed E-state index contributed by atoms with van der Waals surface area (Å²) in [6.07, 6.45) is 0.996. The molecule has 7 nitrogen and oxygen atoms in total. The molecule has 0 saturated carbocycles. The van der Waals surface area contributed by atoms with Crippen LogP contribution in [0.3, 0.4) is 0 Å². The van der Waals surface area contributed by atoms with E-state index in [1.54, 1.807) is 11.8 Å². The van der Waals surface area contributed by atoms with Crippen LogP contribution in [-0.2, 0) is 16.1 Å². The van der Waals surface area contributed by atoms with Crippen molar-refractivity contribution >= 4 is 23.7 Å². The van der Waals surface area contributed by atoms with Crippen LogP contribution < -0.4 is 0 Å². The lowest BCUT2D eigenvalue weighted by Crippen LogP contribution is -2.38. The van der Waals surface area contributed by atoms with Crippen molar-refractivity contribution in [3.63, 3.8) is 0 Å². The van der Waals surface area contributed by atoms with E-state index in [0.29, 0.717) is 13.1 Å². The second kappa shape index (κ2) is 8.10. The summed E-state index contributed by atoms with van der Waals surface area (Å²) in [5, 5.41) is 0. The number of likely N-dealkylation sites (tertiary alicyclic amines) is 1. The molecule has 2 heterocycles. The van der Waals surface area contributed by atoms with Crippen molar-refractivity contribution < 1.29 is 23.9 Å². The summed E-state index contributed by atoms with van der Waals surface area (Å²) >= 11 is 0. The van der Waals surface area contributed by atoms with Gasteiger partial charge in [-0.3, -0.25) is 19.3 Å². The Morgan fingerprint density at radius 2 is 1.63 bits per heavy atom. The number of benzene rings is 2. The van der Waals surface area contributed by atoms with Gasteiger partial charge in [-0.05, 0) is 43.5 Å². The highest BCUT2D eigenvalue weighted by Crippen LogP contribution is 2.26. The van der Waals surface area contributed by atoms with E-state index >= 15 is 0 Å². The molecule has 1 saturated heterocycles. The predicted molar refractivity (Wildman–Crippen MR) is 108 cm³/mol. The molecular formula is C23H22N2O5. The maximum absolute atomic E-state index is 12.8. The van der Waals surface area contributed by atoms with Gasteiger partial charge in [0.05, 0.1) is 23.2 Å². The first-order chi connectivity index (χ1) is 14.5. The van der Waals surface area contributed by atoms with Gasteiger partial charge in [-0.15, -0.1) is 0 Å². The van der Waals surface area contributed by atoms with Gasteiger partial charge < -0.3 is 9.64 Å². The molecule has 1 fully saturated rings. The number of hydrogen-bond donors (Lipinski definition) is 0. The Hall–Kier alpha value is -3.48. The second-order valence-corrected chi connectivity index (χ2v) is 7.52. The lowest BCUT2D eigenvalue weighted by Gasteiger charge is -2.20. The Kier molecular flexibility index (Phi) is 5.35. The van der Waals surface area contributed by atoms with E-state index in [0.717, 1.165) is 23.3 Å². The van der Waals surface area contributed by atoms with Gasteiger partial charge in [-0.2, -0.15) is 0 Å². The van der Waals surface area contributed by atoms with Crippen LogP contribution in [0.5, 0.6) is 0 Å². The maximum Gasteiger partial charge on any atom is 0.338 e. The minimum atomic E-state index is -0.907. The third kappa shape index (κ3) is 3.70. The number of fused-ring (bicyclic) bond motifs is 1. The van der Waals surface area contributed by atoms with Crippen LogP contribution in [0, 0.1) is 0 Å². The number of ether oxygens (including phenoxy) is 1. The molecule has 0 aromatic heterocycles. The van der Waals surface area contributed by atoms with Gasteiger partial charge in [0.15, 0.2) is 6.10 Å². The van der Waals surface area contributed by atoms with Gasteiger partial charge in [-0.1, -0.05) is 30.3 Å². The van der Waals surface area contributed by atoms with Gasteiger partial charge in [0.25, 0.3) is 17.7 Å². The number of nitrogens with zero attached hydrogens (tertiary/aromatic N) is 2. The van der Waals surface area contributed by atoms with Gasteiger partial charge in [0, 0.05) is 13.1 Å². The summed E-state index contributed by atoms with van der Waals surface area (Å²) in [6.45, 7) is 3.05. The molecule has 3 amide bonds. The van der Waals surface area contributed by atoms with Crippen LogP contribution in [0.25, 0.3) is 0 Å². The summed E-state index contributed by atoms with van der Waals surface area (Å²) in [4.78, 5) is 53.2. The fourth-order valence-electron chi connectivity index (χ4n) is 3.80. The summed E-state index contributed by atoms with van der Waals surface area (Å²) in [7, 11) is 0. The minimum absolute atomic E-state index is 0.137. The SMILES string of the molecule is C[C@H](OC(=O)c1ccc2c(c1)C(=O)N(Cc1ccccc1)C2=O)C(=O)N1CCCC1. The normalized spacial score (nSPS) is 16.6. The van der Waals surface area contributed by atoms with Crippen molar-refractivity contribution in [2.75, 3.05) is 13.1 Å². The molecule has 2 aliphatic rings. The largest absolute Gasteiger partial charge is 0.449 e. The highest BCUT2D eigenvalue weighted by Gasteiger charge is 2.36. The van der Waals surface area contributed by atoms with Crippen molar-refractivity contribution in [3.05, 3.63) is 70.8 Å². The molecule has 0 spiro atoms. The molecule has 0 radical (unpaired) electrons. The molecule has 2 aliphatic heterocycles. The van der Waals surface area contributed by atoms with E-state index in [2.05, 4.69) is 0 Å². The van der Waals surface area contributed by atoms with Crippen molar-refractivity contribution in [1.29, 1.82) is 0 Å². The third-order valence-corrected chi connectivity index (χ3v) is 5.44. The Morgan fingerprint density at radius 3 is 2.33 bits per heavy atom. The van der Waals surface area contributed by atoms with Gasteiger partial charge >= 0.3 is 5.97 Å². The third-order valence-electron chi connectivity index (χ3n) is 5.44. The van der Waals surface area contributed by atoms with Crippen molar-refractivity contribution in [3.8, 4) is 0 Å². The molecule has 154 valence electrons. The number of rotatable bonds is 5. The maximum atomic E-state index is 12.8. The summed E-state index contributed by atoms with van der Waals surface area (Å²) in [5.74, 6) is -1.76. The quantitative estimate of drug-likeness (QED) is 0.563. The van der Waals surface area contributed by atoms with E-state index in [9.17, 15) is 19.2 Å². The molecule has 1 atom stereocenters. The first-order valence-corrected chi connectivity index (χ1v) is 9.99. The van der Waals surface area contributed by atoms with Crippen LogP contribution in [0.4, 0.5) is 0 Å². The van der Waals surface area contributed by atoms with E-state index in [-0.39, 0.29) is 29.1 Å². The van der Waals surface area contributed by atoms with E-state index < -0.39 is 23.9 Å². The van der Waals surface area contributed by atoms with Crippen LogP contribution in [0.2, 0.25) is 0 Å². The molecule has 0 unspecified atom stereocenters. The number of imide groups is 1. The first kappa shape index (κ1) is 19.8. The van der Waals surface area contributed by atoms with E-state index in [4.69, 9.17) is 4.74 Å². The molecule has 7 heteroatoms. The highest BCUT2D eigenvalue weighted by molar-refractivity contribution is 6.21. The summed E-state index contributed by atoms with van der Waals surface area (Å²) < 4.78 is 5.31. The molecule has 0 aliphatic carbocycles. The lowest BCUT2D eigenvalue weighted by atomic mass is 10.1. The number of esters is 1. The van der Waals surface area contributed by atoms with E-state index in [1.807, 2.05) is 30.3 Å². The minimum Gasteiger partial charge on any atom is -0.449 e. The molecule has 30 heavy (non-hydrogen) atoms. The fraction of sp³-hybridized carbons (Fsp3) is 0.304. The van der Waals surface area contributed by atoms with Gasteiger partial charge in [0.2, 0.25) is 0 Å². The molecule has 2 aromatic rings. The standard InChI is InChI=1S/C23H22N2O5/c1-15(20(26)24-11-5-6-12-24)30-23(29)17-9-10-18-19(13-17)22(28)25(21(18)27)14-16-7-3-2-4-8-16/h2-4,7-10,13,15H,5-6,11-12,14H2,1H3/t15-/m0/s1. The summed E-state index contributed by atoms with van der Waals surface area (Å²) in [5.41, 5.74) is 1.40. The van der Waals surface area contributed by atoms with Crippen molar-refractivity contribution in [1.82, 2.24) is 9.80 Å². The number of amides is 3. The smallest absolute Gasteiger partial charge is 0.338 e. The van der Waals surface area contributed by atoms with Crippen molar-refractivity contribution in [2.24, 2.45) is 0 Å². The highest BCUT2D eigenvalue weighted by atomic mass is 16.5. The average Bonchev–Trinajstić information content (AvgIpc) is 3.37. The van der Waals surface area contributed by atoms with Crippen LogP contribution in [-0.4, -0.2) is 52.7 Å². The fourth-order valence-corrected chi connectivity index (χ4v) is 3.80. The lowest BCUT2D eigenvalue weighted by molar-refractivity contribution is -0.138. The zero-order chi connectivity index (χ0) is 21.3. The van der Waals surface area contributed by atoms with Gasteiger partial charge in [0.1, 0.15) is 0 Å². The van der Waals surface area contributed by atoms with Crippen molar-refractivity contribution in [2.45, 2.75) is 32.4 Å². The molecular weight excluding hydrogens is 384 g/mol. The average molecular weight is 406 g/mol. The molecule has 4 rings (SSSR count). The molecule has 0 bridgehead atoms. The number of carbonyl (C=O) groups is 4. The monoisotopic (exact) mass is 406 g/mol. The first-order valence-electron chi connectivity index (χ1n) is 9.99. The molecule has 2 aromatic carbocycles. The Balaban J connectivity index is 1.48. The summed E-state index contributed by atoms with van der Waals surface area (Å²) in [6, 6.07) is 13.5. The topological polar surface area (TPSA) is 84.0 Å². The predicted octanol–water partition coefficient (Wildman–Crippen LogP) is 2.65. The Labute approximate surface area is 174 Å². The zero-order valence-corrected chi connectivity index (χ0v) is 16.7. The van der Waals surface area contributed by atoms with Crippen LogP contribution >= 0.6 is 0 Å². The second-order valence-electron chi connectivity index (χ2n) is 7.52. The van der Waals surface area contributed by atoms with Gasteiger partial charge in [-0.25, -0.2) is 4.79 Å². The Bertz CT molecular complexity index is 1010. The number of carbonyl (C=O) groups excluding carboxylic acids is 4. The van der Waals surface area contributed by atoms with Crippen LogP contribution in [0.1, 0.15) is 56.4 Å². The molecule has 0 N–H and O–H groups in total. The zero-order valence-electron chi connectivity index (χ0n) is 16.7.